The predicted molar refractivity (Wildman–Crippen MR) is 116 cm³/mol. The summed E-state index contributed by atoms with van der Waals surface area (Å²) in [5.41, 5.74) is -1.80. The van der Waals surface area contributed by atoms with E-state index >= 15 is 0 Å². The molecule has 3 rings (SSSR count). The number of nitrogens with one attached hydrogen (secondary N) is 1. The number of hydrogen-bond acceptors (Lipinski definition) is 6. The number of rotatable bonds is 9. The maximum Gasteiger partial charge on any atom is 0.434 e. The lowest BCUT2D eigenvalue weighted by Gasteiger charge is -2.23. The van der Waals surface area contributed by atoms with Crippen LogP contribution in [0.2, 0.25) is 0 Å². The van der Waals surface area contributed by atoms with Crippen LogP contribution in [0, 0.1) is 5.92 Å². The zero-order valence-electron chi connectivity index (χ0n) is 19.0. The number of halogens is 3. The Morgan fingerprint density at radius 2 is 1.97 bits per heavy atom. The highest BCUT2D eigenvalue weighted by molar-refractivity contribution is 5.92. The van der Waals surface area contributed by atoms with Crippen LogP contribution in [0.1, 0.15) is 63.3 Å². The van der Waals surface area contributed by atoms with Gasteiger partial charge in [0.2, 0.25) is 5.91 Å². The molecule has 0 aromatic carbocycles. The predicted octanol–water partition coefficient (Wildman–Crippen LogP) is 4.12. The minimum atomic E-state index is -4.60. The zero-order valence-corrected chi connectivity index (χ0v) is 19.0. The van der Waals surface area contributed by atoms with Crippen molar-refractivity contribution >= 4 is 24.0 Å². The molecule has 0 saturated heterocycles. The van der Waals surface area contributed by atoms with Gasteiger partial charge in [-0.05, 0) is 30.9 Å². The highest BCUT2D eigenvalue weighted by atomic mass is 19.4. The maximum atomic E-state index is 13.1. The van der Waals surface area contributed by atoms with Crippen LogP contribution in [-0.2, 0) is 31.7 Å². The highest BCUT2D eigenvalue weighted by Crippen LogP contribution is 2.34. The van der Waals surface area contributed by atoms with E-state index < -0.39 is 35.4 Å². The summed E-state index contributed by atoms with van der Waals surface area (Å²) in [5, 5.41) is 2.66. The van der Waals surface area contributed by atoms with Crippen LogP contribution in [0.3, 0.4) is 0 Å². The van der Waals surface area contributed by atoms with Gasteiger partial charge in [0.25, 0.3) is 0 Å². The Kier molecular flexibility index (Phi) is 7.73. The largest absolute Gasteiger partial charge is 0.451 e. The standard InChI is InChI=1S/C23H27F3N4O4/c1-15(32)34-22(2,13-31)10-17-7-8-20(27-11-17)29-21(33)18(9-16-5-3-4-6-16)30-12-19(28-14-30)23(24,25)26/h7-8,11-14,16,18H,3-6,9-10H2,1-2H3,(H,27,29,33)/t18-,22-/m0/s1. The van der Waals surface area contributed by atoms with Gasteiger partial charge in [-0.2, -0.15) is 13.2 Å². The number of aldehydes is 1. The first-order valence-corrected chi connectivity index (χ1v) is 11.0. The molecule has 184 valence electrons. The van der Waals surface area contributed by atoms with E-state index in [1.165, 1.54) is 30.7 Å². The lowest BCUT2D eigenvalue weighted by molar-refractivity contribution is -0.158. The first kappa shape index (κ1) is 25.4. The third kappa shape index (κ3) is 6.64. The number of carbonyl (C=O) groups excluding carboxylic acids is 3. The number of amides is 1. The van der Waals surface area contributed by atoms with E-state index in [0.717, 1.165) is 38.2 Å². The van der Waals surface area contributed by atoms with Crippen molar-refractivity contribution in [1.82, 2.24) is 14.5 Å². The molecule has 0 aliphatic heterocycles. The molecule has 8 nitrogen and oxygen atoms in total. The van der Waals surface area contributed by atoms with E-state index in [4.69, 9.17) is 4.74 Å². The molecule has 2 atom stereocenters. The van der Waals surface area contributed by atoms with Crippen LogP contribution in [0.15, 0.2) is 30.9 Å². The summed E-state index contributed by atoms with van der Waals surface area (Å²) in [5.74, 6) is -0.629. The average Bonchev–Trinajstić information content (AvgIpc) is 3.44. The molecular formula is C23H27F3N4O4. The van der Waals surface area contributed by atoms with Crippen molar-refractivity contribution in [3.8, 4) is 0 Å². The third-order valence-corrected chi connectivity index (χ3v) is 5.84. The molecule has 0 spiro atoms. The zero-order chi connectivity index (χ0) is 24.9. The lowest BCUT2D eigenvalue weighted by Crippen LogP contribution is -2.35. The molecular weight excluding hydrogens is 453 g/mol. The molecule has 1 fully saturated rings. The monoisotopic (exact) mass is 480 g/mol. The Balaban J connectivity index is 1.73. The summed E-state index contributed by atoms with van der Waals surface area (Å²) < 4.78 is 45.4. The van der Waals surface area contributed by atoms with Crippen LogP contribution >= 0.6 is 0 Å². The van der Waals surface area contributed by atoms with Gasteiger partial charge in [0.05, 0.1) is 6.33 Å². The summed E-state index contributed by atoms with van der Waals surface area (Å²) >= 11 is 0. The number of aromatic nitrogens is 3. The molecule has 1 aliphatic rings. The Bertz CT molecular complexity index is 1020. The molecule has 0 radical (unpaired) electrons. The minimum absolute atomic E-state index is 0.0941. The van der Waals surface area contributed by atoms with Crippen LogP contribution in [0.4, 0.5) is 19.0 Å². The molecule has 1 aliphatic carbocycles. The van der Waals surface area contributed by atoms with Gasteiger partial charge >= 0.3 is 12.1 Å². The molecule has 1 amide bonds. The SMILES string of the molecule is CC(=O)O[C@](C)(C=O)Cc1ccc(NC(=O)[C@H](CC2CCCC2)n2cnc(C(F)(F)F)c2)nc1. The minimum Gasteiger partial charge on any atom is -0.451 e. The lowest BCUT2D eigenvalue weighted by atomic mass is 9.97. The summed E-state index contributed by atoms with van der Waals surface area (Å²) in [6.07, 6.45) is 3.68. The normalized spacial score (nSPS) is 17.1. The first-order chi connectivity index (χ1) is 16.0. The van der Waals surface area contributed by atoms with Gasteiger partial charge in [0.1, 0.15) is 11.9 Å². The second-order valence-electron chi connectivity index (χ2n) is 8.85. The van der Waals surface area contributed by atoms with E-state index in [1.54, 1.807) is 6.07 Å². The van der Waals surface area contributed by atoms with Gasteiger partial charge in [-0.1, -0.05) is 31.7 Å². The van der Waals surface area contributed by atoms with E-state index in [9.17, 15) is 27.6 Å². The van der Waals surface area contributed by atoms with Crippen molar-refractivity contribution in [2.75, 3.05) is 5.32 Å². The van der Waals surface area contributed by atoms with Gasteiger partial charge < -0.3 is 14.6 Å². The molecule has 2 aromatic rings. The topological polar surface area (TPSA) is 103 Å². The number of imidazole rings is 1. The molecule has 2 aromatic heterocycles. The Labute approximate surface area is 194 Å². The van der Waals surface area contributed by atoms with Gasteiger partial charge in [-0.3, -0.25) is 14.4 Å². The van der Waals surface area contributed by atoms with Crippen LogP contribution in [0.25, 0.3) is 0 Å². The van der Waals surface area contributed by atoms with Gasteiger partial charge in [0.15, 0.2) is 17.6 Å². The fourth-order valence-corrected chi connectivity index (χ4v) is 4.23. The molecule has 34 heavy (non-hydrogen) atoms. The van der Waals surface area contributed by atoms with Crippen LogP contribution < -0.4 is 5.32 Å². The average molecular weight is 480 g/mol. The van der Waals surface area contributed by atoms with Crippen LogP contribution in [-0.4, -0.2) is 38.3 Å². The Hall–Kier alpha value is -3.24. The fraction of sp³-hybridized carbons (Fsp3) is 0.522. The van der Waals surface area contributed by atoms with Gasteiger partial charge in [-0.15, -0.1) is 0 Å². The summed E-state index contributed by atoms with van der Waals surface area (Å²) in [6.45, 7) is 2.68. The Morgan fingerprint density at radius 1 is 1.26 bits per heavy atom. The van der Waals surface area contributed by atoms with Crippen molar-refractivity contribution in [2.45, 2.75) is 70.2 Å². The first-order valence-electron chi connectivity index (χ1n) is 11.0. The van der Waals surface area contributed by atoms with Crippen molar-refractivity contribution in [1.29, 1.82) is 0 Å². The van der Waals surface area contributed by atoms with Gasteiger partial charge in [-0.25, -0.2) is 9.97 Å². The van der Waals surface area contributed by atoms with Crippen LogP contribution in [0.5, 0.6) is 0 Å². The second kappa shape index (κ2) is 10.4. The second-order valence-corrected chi connectivity index (χ2v) is 8.85. The number of hydrogen-bond donors (Lipinski definition) is 1. The maximum absolute atomic E-state index is 13.1. The summed E-state index contributed by atoms with van der Waals surface area (Å²) in [4.78, 5) is 43.3. The number of alkyl halides is 3. The number of pyridine rings is 1. The number of esters is 1. The number of ether oxygens (including phenoxy) is 1. The number of nitrogens with zero attached hydrogens (tertiary/aromatic N) is 3. The van der Waals surface area contributed by atoms with Crippen molar-refractivity contribution in [3.63, 3.8) is 0 Å². The smallest absolute Gasteiger partial charge is 0.434 e. The van der Waals surface area contributed by atoms with Gasteiger partial charge in [0, 0.05) is 25.7 Å². The quantitative estimate of drug-likeness (QED) is 0.428. The fourth-order valence-electron chi connectivity index (χ4n) is 4.23. The molecule has 2 heterocycles. The van der Waals surface area contributed by atoms with E-state index in [2.05, 4.69) is 15.3 Å². The summed E-state index contributed by atoms with van der Waals surface area (Å²) in [6, 6.07) is 2.28. The molecule has 0 bridgehead atoms. The van der Waals surface area contributed by atoms with Crippen molar-refractivity contribution < 1.29 is 32.3 Å². The van der Waals surface area contributed by atoms with E-state index in [0.29, 0.717) is 18.3 Å². The summed E-state index contributed by atoms with van der Waals surface area (Å²) in [7, 11) is 0. The molecule has 11 heteroatoms. The molecule has 1 saturated carbocycles. The number of anilines is 1. The van der Waals surface area contributed by atoms with E-state index in [1.807, 2.05) is 0 Å². The number of carbonyl (C=O) groups is 3. The van der Waals surface area contributed by atoms with E-state index in [-0.39, 0.29) is 18.2 Å². The van der Waals surface area contributed by atoms with Crippen molar-refractivity contribution in [2.24, 2.45) is 5.92 Å². The third-order valence-electron chi connectivity index (χ3n) is 5.84. The molecule has 1 N–H and O–H groups in total. The molecule has 0 unspecified atom stereocenters. The Morgan fingerprint density at radius 3 is 2.50 bits per heavy atom. The highest BCUT2D eigenvalue weighted by Gasteiger charge is 2.35. The van der Waals surface area contributed by atoms with Crippen molar-refractivity contribution in [3.05, 3.63) is 42.1 Å².